The van der Waals surface area contributed by atoms with E-state index in [1.807, 2.05) is 0 Å². The van der Waals surface area contributed by atoms with Crippen molar-refractivity contribution in [2.24, 2.45) is 35.0 Å². The molecule has 0 aromatic heterocycles. The van der Waals surface area contributed by atoms with Gasteiger partial charge < -0.3 is 10.2 Å². The average Bonchev–Trinajstić information content (AvgIpc) is 2.89. The van der Waals surface area contributed by atoms with Crippen LogP contribution in [0.5, 0.6) is 0 Å². The van der Waals surface area contributed by atoms with Crippen molar-refractivity contribution in [3.63, 3.8) is 0 Å². The molecule has 0 amide bonds. The lowest BCUT2D eigenvalue weighted by Gasteiger charge is -2.51. The van der Waals surface area contributed by atoms with Gasteiger partial charge in [-0.1, -0.05) is 134 Å². The highest BCUT2D eigenvalue weighted by Crippen LogP contribution is 2.56. The Kier molecular flexibility index (Phi) is 14.3. The molecule has 3 aliphatic carbocycles. The molecule has 4 nitrogen and oxygen atoms in total. The van der Waals surface area contributed by atoms with E-state index in [-0.39, 0.29) is 11.8 Å². The van der Waals surface area contributed by atoms with E-state index in [9.17, 15) is 19.8 Å². The normalized spacial score (nSPS) is 32.8. The van der Waals surface area contributed by atoms with Crippen LogP contribution in [0.4, 0.5) is 0 Å². The van der Waals surface area contributed by atoms with E-state index in [1.165, 1.54) is 64.2 Å². The fraction of sp³-hybridized carbons (Fsp3) is 0.833. The first-order valence-electron chi connectivity index (χ1n) is 17.3. The van der Waals surface area contributed by atoms with Crippen molar-refractivity contribution in [2.75, 3.05) is 0 Å². The summed E-state index contributed by atoms with van der Waals surface area (Å²) in [7, 11) is 0. The summed E-state index contributed by atoms with van der Waals surface area (Å²) in [5.74, 6) is -1.15. The Morgan fingerprint density at radius 2 is 1.45 bits per heavy atom. The smallest absolute Gasteiger partial charge is 0.310 e. The van der Waals surface area contributed by atoms with Gasteiger partial charge in [-0.2, -0.15) is 0 Å². The first-order valence-corrected chi connectivity index (χ1v) is 17.3. The van der Waals surface area contributed by atoms with Gasteiger partial charge in [0.2, 0.25) is 0 Å². The van der Waals surface area contributed by atoms with E-state index in [0.717, 1.165) is 82.6 Å². The number of carboxylic acid groups (broad SMARTS) is 2. The van der Waals surface area contributed by atoms with Gasteiger partial charge in [-0.3, -0.25) is 9.59 Å². The zero-order valence-electron chi connectivity index (χ0n) is 25.9. The minimum absolute atomic E-state index is 0.116. The second-order valence-electron chi connectivity index (χ2n) is 13.5. The van der Waals surface area contributed by atoms with Crippen molar-refractivity contribution >= 4 is 11.9 Å². The van der Waals surface area contributed by atoms with Gasteiger partial charge in [-0.05, 0) is 62.7 Å². The van der Waals surface area contributed by atoms with Crippen molar-refractivity contribution in [3.8, 4) is 0 Å². The molecule has 0 radical (unpaired) electrons. The molecule has 2 saturated carbocycles. The highest BCUT2D eigenvalue weighted by atomic mass is 16.4. The molecule has 4 heteroatoms. The minimum Gasteiger partial charge on any atom is -0.481 e. The van der Waals surface area contributed by atoms with E-state index in [1.54, 1.807) is 0 Å². The molecule has 3 rings (SSSR count). The summed E-state index contributed by atoms with van der Waals surface area (Å²) in [6.45, 7) is 4.52. The van der Waals surface area contributed by atoms with Gasteiger partial charge in [0, 0.05) is 5.41 Å². The molecule has 6 atom stereocenters. The molecule has 0 heterocycles. The van der Waals surface area contributed by atoms with Crippen LogP contribution in [-0.2, 0) is 9.59 Å². The van der Waals surface area contributed by atoms with Crippen LogP contribution in [-0.4, -0.2) is 22.2 Å². The standard InChI is InChI=1S/C36H60O4/c1-3-5-7-13-19-28-24-26-36(25-18-12-11-17-23-32(36)35(39)40)33(30(28)21-15-8-6-4-2)27-29-20-14-9-10-16-22-31(29)34(37)38/h24,26-28,30-33H,3-23,25H2,1-2H3,(H,37,38)(H,39,40)/b29-27+. The molecule has 2 fully saturated rings. The van der Waals surface area contributed by atoms with Crippen molar-refractivity contribution in [3.05, 3.63) is 23.8 Å². The Morgan fingerprint density at radius 1 is 0.800 bits per heavy atom. The van der Waals surface area contributed by atoms with E-state index >= 15 is 0 Å². The number of carbonyl (C=O) groups is 2. The SMILES string of the molecule is CCCCCCC1C=CC2(CCCCCCC2C(=O)O)C(/C=C2\CCCCCCC2C(=O)O)C1CCCCCC. The summed E-state index contributed by atoms with van der Waals surface area (Å²) >= 11 is 0. The van der Waals surface area contributed by atoms with Crippen LogP contribution in [0.15, 0.2) is 23.8 Å². The molecule has 0 aromatic rings. The maximum absolute atomic E-state index is 13.0. The summed E-state index contributed by atoms with van der Waals surface area (Å²) in [6.07, 6.45) is 31.3. The summed E-state index contributed by atoms with van der Waals surface area (Å²) in [5.41, 5.74) is 0.710. The van der Waals surface area contributed by atoms with Crippen LogP contribution >= 0.6 is 0 Å². The summed E-state index contributed by atoms with van der Waals surface area (Å²) in [6, 6.07) is 0. The molecule has 3 aliphatic rings. The third kappa shape index (κ3) is 8.96. The number of hydrogen-bond acceptors (Lipinski definition) is 2. The zero-order valence-corrected chi connectivity index (χ0v) is 25.9. The summed E-state index contributed by atoms with van der Waals surface area (Å²) in [4.78, 5) is 25.5. The van der Waals surface area contributed by atoms with Crippen LogP contribution in [0.1, 0.15) is 155 Å². The Bertz CT molecular complexity index is 829. The third-order valence-electron chi connectivity index (χ3n) is 10.7. The lowest BCUT2D eigenvalue weighted by Crippen LogP contribution is -2.47. The molecule has 0 bridgehead atoms. The number of unbranched alkanes of at least 4 members (excludes halogenated alkanes) is 6. The molecular formula is C36H60O4. The molecule has 6 unspecified atom stereocenters. The summed E-state index contributed by atoms with van der Waals surface area (Å²) < 4.78 is 0. The third-order valence-corrected chi connectivity index (χ3v) is 10.7. The van der Waals surface area contributed by atoms with Crippen LogP contribution < -0.4 is 0 Å². The van der Waals surface area contributed by atoms with Gasteiger partial charge in [0.1, 0.15) is 0 Å². The molecule has 0 saturated heterocycles. The van der Waals surface area contributed by atoms with Crippen molar-refractivity contribution in [1.82, 2.24) is 0 Å². The van der Waals surface area contributed by atoms with E-state index < -0.39 is 23.3 Å². The van der Waals surface area contributed by atoms with E-state index in [4.69, 9.17) is 0 Å². The lowest BCUT2D eigenvalue weighted by molar-refractivity contribution is -0.149. The first-order chi connectivity index (χ1) is 19.4. The summed E-state index contributed by atoms with van der Waals surface area (Å²) in [5, 5.41) is 21.0. The molecule has 0 aliphatic heterocycles. The molecule has 228 valence electrons. The number of hydrogen-bond donors (Lipinski definition) is 2. The molecular weight excluding hydrogens is 496 g/mol. The Morgan fingerprint density at radius 3 is 2.12 bits per heavy atom. The fourth-order valence-electron chi connectivity index (χ4n) is 8.45. The largest absolute Gasteiger partial charge is 0.481 e. The predicted octanol–water partition coefficient (Wildman–Crippen LogP) is 10.4. The van der Waals surface area contributed by atoms with Crippen LogP contribution in [0.25, 0.3) is 0 Å². The van der Waals surface area contributed by atoms with Gasteiger partial charge >= 0.3 is 11.9 Å². The molecule has 1 spiro atoms. The predicted molar refractivity (Wildman–Crippen MR) is 165 cm³/mol. The molecule has 0 aromatic carbocycles. The number of rotatable bonds is 13. The van der Waals surface area contributed by atoms with Crippen LogP contribution in [0, 0.1) is 35.0 Å². The van der Waals surface area contributed by atoms with Gasteiger partial charge in [-0.25, -0.2) is 0 Å². The Hall–Kier alpha value is -1.58. The quantitative estimate of drug-likeness (QED) is 0.175. The topological polar surface area (TPSA) is 74.6 Å². The lowest BCUT2D eigenvalue weighted by atomic mass is 9.52. The molecule has 40 heavy (non-hydrogen) atoms. The highest BCUT2D eigenvalue weighted by molar-refractivity contribution is 5.74. The zero-order chi connectivity index (χ0) is 28.8. The molecule has 2 N–H and O–H groups in total. The van der Waals surface area contributed by atoms with Gasteiger partial charge in [0.15, 0.2) is 0 Å². The second kappa shape index (κ2) is 17.4. The van der Waals surface area contributed by atoms with Crippen molar-refractivity contribution in [1.29, 1.82) is 0 Å². The number of aliphatic carboxylic acids is 2. The maximum atomic E-state index is 13.0. The van der Waals surface area contributed by atoms with Gasteiger partial charge in [0.25, 0.3) is 0 Å². The fourth-order valence-corrected chi connectivity index (χ4v) is 8.45. The Labute approximate surface area is 245 Å². The Balaban J connectivity index is 2.11. The number of carboxylic acids is 2. The van der Waals surface area contributed by atoms with Crippen LogP contribution in [0.2, 0.25) is 0 Å². The second-order valence-corrected chi connectivity index (χ2v) is 13.5. The highest BCUT2D eigenvalue weighted by Gasteiger charge is 2.51. The van der Waals surface area contributed by atoms with Gasteiger partial charge in [0.05, 0.1) is 11.8 Å². The average molecular weight is 557 g/mol. The van der Waals surface area contributed by atoms with E-state index in [2.05, 4.69) is 32.1 Å². The van der Waals surface area contributed by atoms with E-state index in [0.29, 0.717) is 11.8 Å². The minimum atomic E-state index is -0.684. The van der Waals surface area contributed by atoms with Gasteiger partial charge in [-0.15, -0.1) is 0 Å². The first kappa shape index (κ1) is 32.9. The maximum Gasteiger partial charge on any atom is 0.310 e. The monoisotopic (exact) mass is 556 g/mol. The van der Waals surface area contributed by atoms with Crippen molar-refractivity contribution < 1.29 is 19.8 Å². The van der Waals surface area contributed by atoms with Crippen LogP contribution in [0.3, 0.4) is 0 Å². The number of allylic oxidation sites excluding steroid dienone is 3. The van der Waals surface area contributed by atoms with Crippen molar-refractivity contribution in [2.45, 2.75) is 155 Å².